The Morgan fingerprint density at radius 3 is 2.48 bits per heavy atom. The molecular formula is C23H33IN4O3. The zero-order valence-corrected chi connectivity index (χ0v) is 20.6. The van der Waals surface area contributed by atoms with E-state index in [0.717, 1.165) is 44.3 Å². The summed E-state index contributed by atoms with van der Waals surface area (Å²) >= 11 is 0. The van der Waals surface area contributed by atoms with Crippen LogP contribution in [0.5, 0.6) is 11.5 Å². The highest BCUT2D eigenvalue weighted by Crippen LogP contribution is 2.29. The molecule has 170 valence electrons. The molecule has 2 aromatic carbocycles. The van der Waals surface area contributed by atoms with Gasteiger partial charge in [0.2, 0.25) is 0 Å². The van der Waals surface area contributed by atoms with E-state index in [4.69, 9.17) is 19.9 Å². The molecule has 0 aromatic heterocycles. The second kappa shape index (κ2) is 13.4. The average molecular weight is 540 g/mol. The molecular weight excluding hydrogens is 507 g/mol. The van der Waals surface area contributed by atoms with Crippen LogP contribution in [0.1, 0.15) is 25.0 Å². The second-order valence-corrected chi connectivity index (χ2v) is 7.01. The number of aliphatic imine (C=N–C) groups is 1. The Morgan fingerprint density at radius 1 is 1.06 bits per heavy atom. The molecule has 0 saturated carbocycles. The third-order valence-electron chi connectivity index (χ3n) is 4.86. The van der Waals surface area contributed by atoms with E-state index < -0.39 is 0 Å². The summed E-state index contributed by atoms with van der Waals surface area (Å²) in [5.74, 6) is 1.81. The number of guanidine groups is 1. The summed E-state index contributed by atoms with van der Waals surface area (Å²) in [7, 11) is 0. The van der Waals surface area contributed by atoms with Gasteiger partial charge in [0, 0.05) is 25.7 Å². The Balaban J connectivity index is 0.00000341. The highest BCUT2D eigenvalue weighted by molar-refractivity contribution is 14.0. The minimum Gasteiger partial charge on any atom is -0.494 e. The van der Waals surface area contributed by atoms with Gasteiger partial charge in [0.15, 0.2) is 5.96 Å². The summed E-state index contributed by atoms with van der Waals surface area (Å²) < 4.78 is 16.7. The van der Waals surface area contributed by atoms with E-state index in [1.807, 2.05) is 38.1 Å². The molecule has 1 fully saturated rings. The number of morpholine rings is 1. The van der Waals surface area contributed by atoms with Crippen molar-refractivity contribution < 1.29 is 14.2 Å². The second-order valence-electron chi connectivity index (χ2n) is 7.01. The van der Waals surface area contributed by atoms with Crippen LogP contribution in [0.2, 0.25) is 0 Å². The monoisotopic (exact) mass is 540 g/mol. The lowest BCUT2D eigenvalue weighted by atomic mass is 10.1. The van der Waals surface area contributed by atoms with Crippen LogP contribution in [0.15, 0.2) is 47.5 Å². The molecule has 2 aromatic rings. The van der Waals surface area contributed by atoms with Crippen LogP contribution >= 0.6 is 24.0 Å². The van der Waals surface area contributed by atoms with E-state index in [1.165, 1.54) is 11.1 Å². The highest BCUT2D eigenvalue weighted by atomic mass is 127. The first-order valence-electron chi connectivity index (χ1n) is 10.5. The molecule has 31 heavy (non-hydrogen) atoms. The molecule has 0 spiro atoms. The molecule has 0 aliphatic carbocycles. The Labute approximate surface area is 202 Å². The smallest absolute Gasteiger partial charge is 0.193 e. The molecule has 0 atom stereocenters. The number of anilines is 1. The maximum atomic E-state index is 6.19. The summed E-state index contributed by atoms with van der Waals surface area (Å²) in [6.45, 7) is 9.96. The normalized spacial score (nSPS) is 14.6. The summed E-state index contributed by atoms with van der Waals surface area (Å²) in [6, 6.07) is 14.0. The van der Waals surface area contributed by atoms with Crippen molar-refractivity contribution in [2.24, 2.45) is 10.7 Å². The van der Waals surface area contributed by atoms with Gasteiger partial charge in [0.25, 0.3) is 0 Å². The number of nitrogens with zero attached hydrogens (tertiary/aromatic N) is 2. The summed E-state index contributed by atoms with van der Waals surface area (Å²) in [6.07, 6.45) is 0. The van der Waals surface area contributed by atoms with Crippen LogP contribution < -0.4 is 20.5 Å². The SMILES string of the molecule is CCOc1ccc(OCC)c(NC(N)=NCc2ccccc2CN2CCOCC2)c1.I. The number of hydrogen-bond acceptors (Lipinski definition) is 5. The maximum absolute atomic E-state index is 6.19. The predicted molar refractivity (Wildman–Crippen MR) is 136 cm³/mol. The van der Waals surface area contributed by atoms with Crippen LogP contribution in [0.25, 0.3) is 0 Å². The summed E-state index contributed by atoms with van der Waals surface area (Å²) in [4.78, 5) is 6.97. The number of nitrogens with two attached hydrogens (primary N) is 1. The van der Waals surface area contributed by atoms with Crippen molar-refractivity contribution in [2.75, 3.05) is 44.8 Å². The third kappa shape index (κ3) is 7.86. The first-order valence-corrected chi connectivity index (χ1v) is 10.5. The largest absolute Gasteiger partial charge is 0.494 e. The van der Waals surface area contributed by atoms with E-state index in [2.05, 4.69) is 33.4 Å². The fourth-order valence-corrected chi connectivity index (χ4v) is 3.36. The molecule has 7 nitrogen and oxygen atoms in total. The van der Waals surface area contributed by atoms with Crippen molar-refractivity contribution in [3.8, 4) is 11.5 Å². The Hall–Kier alpha value is -2.04. The lowest BCUT2D eigenvalue weighted by molar-refractivity contribution is 0.0341. The number of hydrogen-bond donors (Lipinski definition) is 2. The Morgan fingerprint density at radius 2 is 1.77 bits per heavy atom. The van der Waals surface area contributed by atoms with Gasteiger partial charge in [0.05, 0.1) is 38.7 Å². The third-order valence-corrected chi connectivity index (χ3v) is 4.86. The van der Waals surface area contributed by atoms with Crippen molar-refractivity contribution >= 4 is 35.6 Å². The van der Waals surface area contributed by atoms with Crippen molar-refractivity contribution in [1.82, 2.24) is 4.90 Å². The number of halogens is 1. The minimum atomic E-state index is 0. The van der Waals surface area contributed by atoms with E-state index in [1.54, 1.807) is 0 Å². The lowest BCUT2D eigenvalue weighted by Crippen LogP contribution is -2.35. The minimum absolute atomic E-state index is 0. The predicted octanol–water partition coefficient (Wildman–Crippen LogP) is 3.86. The number of rotatable bonds is 9. The van der Waals surface area contributed by atoms with Gasteiger partial charge < -0.3 is 25.3 Å². The number of nitrogens with one attached hydrogen (secondary N) is 1. The van der Waals surface area contributed by atoms with Gasteiger partial charge >= 0.3 is 0 Å². The van der Waals surface area contributed by atoms with Crippen LogP contribution in [-0.4, -0.2) is 50.4 Å². The maximum Gasteiger partial charge on any atom is 0.193 e. The Bertz CT molecular complexity index is 841. The van der Waals surface area contributed by atoms with E-state index >= 15 is 0 Å². The lowest BCUT2D eigenvalue weighted by Gasteiger charge is -2.27. The molecule has 1 heterocycles. The van der Waals surface area contributed by atoms with Gasteiger partial charge in [-0.2, -0.15) is 0 Å². The van der Waals surface area contributed by atoms with Gasteiger partial charge in [-0.05, 0) is 37.1 Å². The molecule has 1 aliphatic rings. The van der Waals surface area contributed by atoms with Crippen LogP contribution in [-0.2, 0) is 17.8 Å². The quantitative estimate of drug-likeness (QED) is 0.286. The summed E-state index contributed by atoms with van der Waals surface area (Å²) in [5, 5.41) is 3.16. The molecule has 0 bridgehead atoms. The number of ether oxygens (including phenoxy) is 3. The first-order chi connectivity index (χ1) is 14.7. The average Bonchev–Trinajstić information content (AvgIpc) is 2.76. The molecule has 1 saturated heterocycles. The van der Waals surface area contributed by atoms with Crippen LogP contribution in [0, 0.1) is 0 Å². The fourth-order valence-electron chi connectivity index (χ4n) is 3.36. The van der Waals surface area contributed by atoms with Crippen LogP contribution in [0.3, 0.4) is 0 Å². The zero-order valence-electron chi connectivity index (χ0n) is 18.3. The first kappa shape index (κ1) is 25.2. The van der Waals surface area contributed by atoms with Gasteiger partial charge in [-0.25, -0.2) is 4.99 Å². The van der Waals surface area contributed by atoms with E-state index in [-0.39, 0.29) is 24.0 Å². The molecule has 0 amide bonds. The molecule has 8 heteroatoms. The van der Waals surface area contributed by atoms with Crippen molar-refractivity contribution in [1.29, 1.82) is 0 Å². The molecule has 1 aliphatic heterocycles. The highest BCUT2D eigenvalue weighted by Gasteiger charge is 2.13. The fraction of sp³-hybridized carbons (Fsp3) is 0.435. The van der Waals surface area contributed by atoms with Crippen molar-refractivity contribution in [3.05, 3.63) is 53.6 Å². The molecule has 3 N–H and O–H groups in total. The topological polar surface area (TPSA) is 81.3 Å². The van der Waals surface area contributed by atoms with Gasteiger partial charge in [-0.3, -0.25) is 4.90 Å². The standard InChI is InChI=1S/C23H32N4O3.HI/c1-3-29-20-9-10-22(30-4-2)21(15-20)26-23(24)25-16-18-7-5-6-8-19(18)17-27-11-13-28-14-12-27;/h5-10,15H,3-4,11-14,16-17H2,1-2H3,(H3,24,25,26);1H. The Kier molecular flexibility index (Phi) is 10.9. The zero-order chi connectivity index (χ0) is 21.2. The molecule has 0 unspecified atom stereocenters. The van der Waals surface area contributed by atoms with Crippen LogP contribution in [0.4, 0.5) is 5.69 Å². The van der Waals surface area contributed by atoms with Gasteiger partial charge in [0.1, 0.15) is 11.5 Å². The van der Waals surface area contributed by atoms with E-state index in [9.17, 15) is 0 Å². The van der Waals surface area contributed by atoms with Gasteiger partial charge in [-0.15, -0.1) is 24.0 Å². The van der Waals surface area contributed by atoms with Gasteiger partial charge in [-0.1, -0.05) is 24.3 Å². The number of benzene rings is 2. The van der Waals surface area contributed by atoms with Crippen molar-refractivity contribution in [3.63, 3.8) is 0 Å². The molecule has 3 rings (SSSR count). The summed E-state index contributed by atoms with van der Waals surface area (Å²) in [5.41, 5.74) is 9.37. The molecule has 0 radical (unpaired) electrons. The van der Waals surface area contributed by atoms with E-state index in [0.29, 0.717) is 31.5 Å². The van der Waals surface area contributed by atoms with Crippen molar-refractivity contribution in [2.45, 2.75) is 26.9 Å².